The zero-order valence-corrected chi connectivity index (χ0v) is 22.1. The second-order valence-electron chi connectivity index (χ2n) is 9.49. The Morgan fingerprint density at radius 2 is 1.86 bits per heavy atom. The predicted octanol–water partition coefficient (Wildman–Crippen LogP) is 4.19. The quantitative estimate of drug-likeness (QED) is 0.461. The van der Waals surface area contributed by atoms with Crippen molar-refractivity contribution in [2.75, 3.05) is 46.5 Å². The number of thiocarbonyl (C=S) groups is 1. The molecule has 0 spiro atoms. The molecule has 1 aromatic carbocycles. The summed E-state index contributed by atoms with van der Waals surface area (Å²) in [5.74, 6) is 0.855. The van der Waals surface area contributed by atoms with Crippen LogP contribution in [0.15, 0.2) is 54.7 Å². The summed E-state index contributed by atoms with van der Waals surface area (Å²) in [5.41, 5.74) is 5.82. The van der Waals surface area contributed by atoms with Crippen molar-refractivity contribution in [3.05, 3.63) is 77.4 Å². The van der Waals surface area contributed by atoms with Crippen molar-refractivity contribution >= 4 is 17.3 Å². The molecule has 2 saturated heterocycles. The topological polar surface area (TPSA) is 54.8 Å². The summed E-state index contributed by atoms with van der Waals surface area (Å²) in [6.07, 6.45) is 2.91. The van der Waals surface area contributed by atoms with Gasteiger partial charge in [-0.05, 0) is 80.5 Å². The summed E-state index contributed by atoms with van der Waals surface area (Å²) >= 11 is 5.90. The Balaban J connectivity index is 1.46. The van der Waals surface area contributed by atoms with E-state index in [2.05, 4.69) is 57.8 Å². The van der Waals surface area contributed by atoms with Crippen LogP contribution in [0.2, 0.25) is 0 Å². The maximum Gasteiger partial charge on any atom is 0.170 e. The molecule has 3 aromatic rings. The Hall–Kier alpha value is -2.94. The van der Waals surface area contributed by atoms with E-state index in [1.165, 1.54) is 17.0 Å². The number of aromatic nitrogens is 2. The van der Waals surface area contributed by atoms with Gasteiger partial charge in [-0.2, -0.15) is 0 Å². The monoisotopic (exact) mass is 505 g/mol. The van der Waals surface area contributed by atoms with Crippen LogP contribution in [0.1, 0.15) is 41.1 Å². The fourth-order valence-corrected chi connectivity index (χ4v) is 5.82. The van der Waals surface area contributed by atoms with Crippen LogP contribution in [0.5, 0.6) is 5.75 Å². The van der Waals surface area contributed by atoms with Gasteiger partial charge in [0.2, 0.25) is 0 Å². The van der Waals surface area contributed by atoms with Gasteiger partial charge in [-0.15, -0.1) is 0 Å². The number of methoxy groups -OCH3 is 1. The number of ether oxygens (including phenoxy) is 2. The number of hydrogen-bond donors (Lipinski definition) is 1. The minimum absolute atomic E-state index is 0.00750. The Morgan fingerprint density at radius 3 is 2.56 bits per heavy atom. The van der Waals surface area contributed by atoms with Crippen LogP contribution in [0, 0.1) is 13.8 Å². The number of rotatable bonds is 8. The van der Waals surface area contributed by atoms with Gasteiger partial charge in [-0.1, -0.05) is 6.07 Å². The van der Waals surface area contributed by atoms with Gasteiger partial charge >= 0.3 is 0 Å². The fourth-order valence-electron chi connectivity index (χ4n) is 5.49. The van der Waals surface area contributed by atoms with Crippen molar-refractivity contribution in [3.63, 3.8) is 0 Å². The standard InChI is InChI=1S/C28H35N5O2S/c1-20-19-24(21(2)33(20)22-8-10-23(34-3)11-9-22)27-26(25-7-4-5-12-29-25)30-28(36)32(27)14-6-13-31-15-17-35-18-16-31/h4-5,7-12,19,26-27H,6,13-18H2,1-3H3,(H,30,36)/t26-,27-/m1/s1. The third-order valence-electron chi connectivity index (χ3n) is 7.29. The predicted molar refractivity (Wildman–Crippen MR) is 146 cm³/mol. The molecule has 5 rings (SSSR count). The first-order valence-electron chi connectivity index (χ1n) is 12.7. The number of hydrogen-bond acceptors (Lipinski definition) is 5. The summed E-state index contributed by atoms with van der Waals surface area (Å²) in [5, 5.41) is 4.40. The lowest BCUT2D eigenvalue weighted by atomic mass is 9.96. The van der Waals surface area contributed by atoms with E-state index in [-0.39, 0.29) is 12.1 Å². The second-order valence-corrected chi connectivity index (χ2v) is 9.87. The van der Waals surface area contributed by atoms with Crippen LogP contribution in [0.3, 0.4) is 0 Å². The van der Waals surface area contributed by atoms with Crippen LogP contribution in [0.4, 0.5) is 0 Å². The van der Waals surface area contributed by atoms with Crippen molar-refractivity contribution in [2.45, 2.75) is 32.4 Å². The first-order chi connectivity index (χ1) is 17.6. The Bertz CT molecular complexity index is 1170. The average Bonchev–Trinajstić information content (AvgIpc) is 3.39. The third kappa shape index (κ3) is 4.98. The van der Waals surface area contributed by atoms with Crippen molar-refractivity contribution in [1.82, 2.24) is 24.7 Å². The molecule has 0 amide bonds. The molecule has 8 heteroatoms. The van der Waals surface area contributed by atoms with Crippen LogP contribution in [-0.2, 0) is 4.74 Å². The average molecular weight is 506 g/mol. The van der Waals surface area contributed by atoms with Crippen molar-refractivity contribution in [2.24, 2.45) is 0 Å². The molecule has 0 saturated carbocycles. The largest absolute Gasteiger partial charge is 0.497 e. The number of nitrogens with zero attached hydrogens (tertiary/aromatic N) is 4. The Kier molecular flexibility index (Phi) is 7.55. The zero-order valence-electron chi connectivity index (χ0n) is 21.3. The van der Waals surface area contributed by atoms with E-state index >= 15 is 0 Å². The molecule has 2 aromatic heterocycles. The number of aryl methyl sites for hydroxylation is 1. The highest BCUT2D eigenvalue weighted by Gasteiger charge is 2.41. The van der Waals surface area contributed by atoms with E-state index < -0.39 is 0 Å². The molecule has 36 heavy (non-hydrogen) atoms. The summed E-state index contributed by atoms with van der Waals surface area (Å²) in [6.45, 7) is 9.97. The SMILES string of the molecule is COc1ccc(-n2c(C)cc([C@@H]3[C@@H](c4ccccn4)NC(=S)N3CCCN3CCOCC3)c2C)cc1. The van der Waals surface area contributed by atoms with Crippen molar-refractivity contribution in [3.8, 4) is 11.4 Å². The minimum atomic E-state index is -0.00750. The van der Waals surface area contributed by atoms with E-state index in [1.807, 2.05) is 30.5 Å². The molecule has 7 nitrogen and oxygen atoms in total. The molecular weight excluding hydrogens is 470 g/mol. The molecule has 2 aliphatic heterocycles. The molecule has 2 fully saturated rings. The summed E-state index contributed by atoms with van der Waals surface area (Å²) < 4.78 is 13.2. The first kappa shape index (κ1) is 24.7. The molecule has 0 aliphatic carbocycles. The van der Waals surface area contributed by atoms with Gasteiger partial charge in [0, 0.05) is 49.5 Å². The Morgan fingerprint density at radius 1 is 1.08 bits per heavy atom. The highest BCUT2D eigenvalue weighted by atomic mass is 32.1. The van der Waals surface area contributed by atoms with Crippen LogP contribution < -0.4 is 10.1 Å². The second kappa shape index (κ2) is 11.0. The van der Waals surface area contributed by atoms with Crippen molar-refractivity contribution < 1.29 is 9.47 Å². The molecule has 4 heterocycles. The molecule has 190 valence electrons. The Labute approximate surface area is 219 Å². The number of nitrogens with one attached hydrogen (secondary N) is 1. The maximum atomic E-state index is 5.90. The lowest BCUT2D eigenvalue weighted by Gasteiger charge is -2.30. The normalized spacial score (nSPS) is 20.5. The number of pyridine rings is 1. The zero-order chi connectivity index (χ0) is 25.1. The molecule has 2 aliphatic rings. The van der Waals surface area contributed by atoms with Gasteiger partial charge in [-0.3, -0.25) is 9.88 Å². The molecule has 0 unspecified atom stereocenters. The summed E-state index contributed by atoms with van der Waals surface area (Å²) in [4.78, 5) is 9.56. The van der Waals surface area contributed by atoms with Gasteiger partial charge in [-0.25, -0.2) is 0 Å². The van der Waals surface area contributed by atoms with Gasteiger partial charge in [0.05, 0.1) is 38.1 Å². The lowest BCUT2D eigenvalue weighted by Crippen LogP contribution is -2.39. The molecule has 0 bridgehead atoms. The molecule has 0 radical (unpaired) electrons. The van der Waals surface area contributed by atoms with E-state index in [0.29, 0.717) is 0 Å². The van der Waals surface area contributed by atoms with Gasteiger partial charge in [0.15, 0.2) is 5.11 Å². The fraction of sp³-hybridized carbons (Fsp3) is 0.429. The molecule has 1 N–H and O–H groups in total. The van der Waals surface area contributed by atoms with Gasteiger partial charge < -0.3 is 24.3 Å². The van der Waals surface area contributed by atoms with E-state index in [0.717, 1.165) is 68.1 Å². The highest BCUT2D eigenvalue weighted by molar-refractivity contribution is 7.80. The van der Waals surface area contributed by atoms with Crippen LogP contribution in [-0.4, -0.2) is 71.0 Å². The van der Waals surface area contributed by atoms with E-state index in [4.69, 9.17) is 26.7 Å². The van der Waals surface area contributed by atoms with Crippen molar-refractivity contribution in [1.29, 1.82) is 0 Å². The third-order valence-corrected chi connectivity index (χ3v) is 7.65. The smallest absolute Gasteiger partial charge is 0.170 e. The summed E-state index contributed by atoms with van der Waals surface area (Å²) in [7, 11) is 1.70. The number of benzene rings is 1. The highest BCUT2D eigenvalue weighted by Crippen LogP contribution is 2.41. The molecule has 2 atom stereocenters. The number of morpholine rings is 1. The van der Waals surface area contributed by atoms with Gasteiger partial charge in [0.25, 0.3) is 0 Å². The maximum absolute atomic E-state index is 5.90. The van der Waals surface area contributed by atoms with Gasteiger partial charge in [0.1, 0.15) is 5.75 Å². The lowest BCUT2D eigenvalue weighted by molar-refractivity contribution is 0.0365. The van der Waals surface area contributed by atoms with E-state index in [1.54, 1.807) is 7.11 Å². The first-order valence-corrected chi connectivity index (χ1v) is 13.1. The molecular formula is C28H35N5O2S. The summed E-state index contributed by atoms with van der Waals surface area (Å²) in [6, 6.07) is 16.7. The minimum Gasteiger partial charge on any atom is -0.497 e. The van der Waals surface area contributed by atoms with Crippen LogP contribution in [0.25, 0.3) is 5.69 Å². The van der Waals surface area contributed by atoms with Crippen LogP contribution >= 0.6 is 12.2 Å². The van der Waals surface area contributed by atoms with E-state index in [9.17, 15) is 0 Å².